The van der Waals surface area contributed by atoms with E-state index in [0.717, 1.165) is 13.1 Å². The highest BCUT2D eigenvalue weighted by atomic mass is 19.1. The minimum absolute atomic E-state index is 0.000875. The molecule has 0 spiro atoms. The van der Waals surface area contributed by atoms with Gasteiger partial charge in [0.15, 0.2) is 0 Å². The number of carbonyl (C=O) groups excluding carboxylic acids is 2. The average Bonchev–Trinajstić information content (AvgIpc) is 3.05. The number of aliphatic hydroxyl groups is 1. The summed E-state index contributed by atoms with van der Waals surface area (Å²) in [6.07, 6.45) is -0.000875. The Bertz CT molecular complexity index is 1010. The molecule has 1 amide bonds. The van der Waals surface area contributed by atoms with Gasteiger partial charge in [-0.1, -0.05) is 26.0 Å². The molecule has 0 aromatic heterocycles. The molecule has 0 bridgehead atoms. The van der Waals surface area contributed by atoms with Gasteiger partial charge >= 0.3 is 0 Å². The number of carbonyl (C=O) groups is 2. The number of rotatable bonds is 9. The fourth-order valence-corrected chi connectivity index (χ4v) is 4.01. The lowest BCUT2D eigenvalue weighted by molar-refractivity contribution is -0.140. The van der Waals surface area contributed by atoms with Crippen molar-refractivity contribution in [2.75, 3.05) is 26.2 Å². The van der Waals surface area contributed by atoms with Crippen molar-refractivity contribution < 1.29 is 23.8 Å². The quantitative estimate of drug-likeness (QED) is 0.346. The van der Waals surface area contributed by atoms with Gasteiger partial charge in [0.05, 0.1) is 17.7 Å². The molecule has 1 aliphatic heterocycles. The van der Waals surface area contributed by atoms with Gasteiger partial charge in [-0.15, -0.1) is 0 Å². The van der Waals surface area contributed by atoms with Crippen molar-refractivity contribution in [3.8, 4) is 5.75 Å². The maximum Gasteiger partial charge on any atom is 0.295 e. The molecule has 1 aliphatic rings. The molecule has 1 heterocycles. The van der Waals surface area contributed by atoms with Gasteiger partial charge in [-0.05, 0) is 68.9 Å². The molecule has 3 rings (SSSR count). The zero-order valence-electron chi connectivity index (χ0n) is 19.5. The Kier molecular flexibility index (Phi) is 7.87. The van der Waals surface area contributed by atoms with E-state index < -0.39 is 23.5 Å². The van der Waals surface area contributed by atoms with E-state index in [0.29, 0.717) is 30.0 Å². The number of hydrogen-bond acceptors (Lipinski definition) is 5. The Hall–Kier alpha value is -3.19. The summed E-state index contributed by atoms with van der Waals surface area (Å²) >= 11 is 0. The second-order valence-electron chi connectivity index (χ2n) is 8.26. The monoisotopic (exact) mass is 454 g/mol. The number of ether oxygens (including phenoxy) is 1. The molecule has 2 aromatic carbocycles. The predicted octanol–water partition coefficient (Wildman–Crippen LogP) is 4.38. The van der Waals surface area contributed by atoms with E-state index in [2.05, 4.69) is 4.90 Å². The number of aliphatic hydroxyl groups excluding tert-OH is 1. The molecule has 1 fully saturated rings. The molecule has 1 unspecified atom stereocenters. The first-order chi connectivity index (χ1) is 15.8. The first kappa shape index (κ1) is 24.5. The summed E-state index contributed by atoms with van der Waals surface area (Å²) < 4.78 is 19.2. The number of likely N-dealkylation sites (tertiary alicyclic amines) is 1. The molecule has 0 aliphatic carbocycles. The zero-order chi connectivity index (χ0) is 24.1. The highest BCUT2D eigenvalue weighted by Gasteiger charge is 2.45. The van der Waals surface area contributed by atoms with E-state index >= 15 is 0 Å². The molecular weight excluding hydrogens is 423 g/mol. The Balaban J connectivity index is 2.04. The van der Waals surface area contributed by atoms with Crippen LogP contribution < -0.4 is 4.74 Å². The Morgan fingerprint density at radius 1 is 1.06 bits per heavy atom. The summed E-state index contributed by atoms with van der Waals surface area (Å²) in [5, 5.41) is 11.1. The topological polar surface area (TPSA) is 70.1 Å². The lowest BCUT2D eigenvalue weighted by atomic mass is 9.95. The molecule has 0 radical (unpaired) electrons. The van der Waals surface area contributed by atoms with Crippen LogP contribution in [-0.2, 0) is 9.59 Å². The van der Waals surface area contributed by atoms with Gasteiger partial charge in [0.2, 0.25) is 0 Å². The molecule has 1 saturated heterocycles. The third-order valence-electron chi connectivity index (χ3n) is 5.78. The summed E-state index contributed by atoms with van der Waals surface area (Å²) in [6.45, 7) is 10.4. The Morgan fingerprint density at radius 2 is 1.67 bits per heavy atom. The van der Waals surface area contributed by atoms with Crippen LogP contribution in [0.2, 0.25) is 0 Å². The van der Waals surface area contributed by atoms with E-state index in [-0.39, 0.29) is 17.4 Å². The number of amides is 1. The first-order valence-electron chi connectivity index (χ1n) is 11.3. The Labute approximate surface area is 194 Å². The number of benzene rings is 2. The van der Waals surface area contributed by atoms with Gasteiger partial charge in [0.25, 0.3) is 11.7 Å². The van der Waals surface area contributed by atoms with Crippen LogP contribution in [0.25, 0.3) is 5.76 Å². The van der Waals surface area contributed by atoms with Gasteiger partial charge in [-0.3, -0.25) is 9.59 Å². The molecule has 176 valence electrons. The van der Waals surface area contributed by atoms with Crippen LogP contribution in [0.1, 0.15) is 44.9 Å². The number of hydrogen-bond donors (Lipinski definition) is 1. The van der Waals surface area contributed by atoms with E-state index in [1.165, 1.54) is 17.0 Å². The number of halogens is 1. The second-order valence-corrected chi connectivity index (χ2v) is 8.26. The van der Waals surface area contributed by atoms with Crippen LogP contribution in [0.4, 0.5) is 4.39 Å². The van der Waals surface area contributed by atoms with Gasteiger partial charge < -0.3 is 19.6 Å². The van der Waals surface area contributed by atoms with Gasteiger partial charge in [-0.2, -0.15) is 0 Å². The Morgan fingerprint density at radius 3 is 2.21 bits per heavy atom. The third kappa shape index (κ3) is 5.42. The zero-order valence-corrected chi connectivity index (χ0v) is 19.5. The number of nitrogens with zero attached hydrogens (tertiary/aromatic N) is 2. The summed E-state index contributed by atoms with van der Waals surface area (Å²) in [7, 11) is 0. The van der Waals surface area contributed by atoms with Crippen LogP contribution >= 0.6 is 0 Å². The SMILES string of the molecule is CCN(CC)CCN1C(=O)C(=O)/C(=C(\O)c2ccc(OC(C)C)cc2)C1c1ccc(F)cc1. The summed E-state index contributed by atoms with van der Waals surface area (Å²) in [5.74, 6) is -1.46. The van der Waals surface area contributed by atoms with E-state index in [9.17, 15) is 19.1 Å². The normalized spacial score (nSPS) is 17.9. The van der Waals surface area contributed by atoms with Gasteiger partial charge in [0, 0.05) is 18.7 Å². The van der Waals surface area contributed by atoms with Crippen molar-refractivity contribution in [1.29, 1.82) is 0 Å². The summed E-state index contributed by atoms with van der Waals surface area (Å²) in [5.41, 5.74) is 0.972. The van der Waals surface area contributed by atoms with E-state index in [1.807, 2.05) is 27.7 Å². The predicted molar refractivity (Wildman–Crippen MR) is 125 cm³/mol. The lowest BCUT2D eigenvalue weighted by Crippen LogP contribution is -2.38. The van der Waals surface area contributed by atoms with Crippen molar-refractivity contribution in [2.24, 2.45) is 0 Å². The van der Waals surface area contributed by atoms with Crippen LogP contribution in [-0.4, -0.2) is 58.9 Å². The van der Waals surface area contributed by atoms with E-state index in [1.54, 1.807) is 36.4 Å². The molecule has 33 heavy (non-hydrogen) atoms. The average molecular weight is 455 g/mol. The van der Waals surface area contributed by atoms with E-state index in [4.69, 9.17) is 4.74 Å². The highest BCUT2D eigenvalue weighted by Crippen LogP contribution is 2.39. The van der Waals surface area contributed by atoms with Crippen molar-refractivity contribution in [2.45, 2.75) is 39.8 Å². The van der Waals surface area contributed by atoms with Crippen LogP contribution in [0.15, 0.2) is 54.1 Å². The van der Waals surface area contributed by atoms with Crippen molar-refractivity contribution in [3.05, 3.63) is 71.0 Å². The summed E-state index contributed by atoms with van der Waals surface area (Å²) in [6, 6.07) is 11.6. The van der Waals surface area contributed by atoms with Crippen molar-refractivity contribution in [3.63, 3.8) is 0 Å². The fraction of sp³-hybridized carbons (Fsp3) is 0.385. The lowest BCUT2D eigenvalue weighted by Gasteiger charge is -2.28. The standard InChI is InChI=1S/C26H31FN2O4/c1-5-28(6-2)15-16-29-23(18-7-11-20(27)12-8-18)22(25(31)26(29)32)24(30)19-9-13-21(14-10-19)33-17(3)4/h7-14,17,23,30H,5-6,15-16H2,1-4H3/b24-22-. The molecule has 7 heteroatoms. The number of likely N-dealkylation sites (N-methyl/N-ethyl adjacent to an activating group) is 1. The third-order valence-corrected chi connectivity index (χ3v) is 5.78. The molecule has 1 atom stereocenters. The smallest absolute Gasteiger partial charge is 0.295 e. The van der Waals surface area contributed by atoms with Crippen molar-refractivity contribution in [1.82, 2.24) is 9.80 Å². The molecule has 0 saturated carbocycles. The minimum atomic E-state index is -0.798. The molecule has 2 aromatic rings. The molecule has 1 N–H and O–H groups in total. The summed E-state index contributed by atoms with van der Waals surface area (Å²) in [4.78, 5) is 29.7. The van der Waals surface area contributed by atoms with Crippen LogP contribution in [0.5, 0.6) is 5.75 Å². The van der Waals surface area contributed by atoms with Crippen LogP contribution in [0.3, 0.4) is 0 Å². The molecular formula is C26H31FN2O4. The van der Waals surface area contributed by atoms with Gasteiger partial charge in [-0.25, -0.2) is 4.39 Å². The first-order valence-corrected chi connectivity index (χ1v) is 11.3. The minimum Gasteiger partial charge on any atom is -0.507 e. The van der Waals surface area contributed by atoms with Crippen molar-refractivity contribution >= 4 is 17.4 Å². The van der Waals surface area contributed by atoms with Crippen LogP contribution in [0, 0.1) is 5.82 Å². The maximum atomic E-state index is 13.6. The largest absolute Gasteiger partial charge is 0.507 e. The fourth-order valence-electron chi connectivity index (χ4n) is 4.01. The number of Topliss-reactive ketones (excluding diaryl/α,β-unsaturated/α-hetero) is 1. The molecule has 6 nitrogen and oxygen atoms in total. The second kappa shape index (κ2) is 10.6. The number of ketones is 1. The highest BCUT2D eigenvalue weighted by molar-refractivity contribution is 6.46. The van der Waals surface area contributed by atoms with Gasteiger partial charge in [0.1, 0.15) is 17.3 Å². The maximum absolute atomic E-state index is 13.6.